The van der Waals surface area contributed by atoms with Crippen molar-refractivity contribution < 1.29 is 4.39 Å². The summed E-state index contributed by atoms with van der Waals surface area (Å²) in [4.78, 5) is 4.05. The summed E-state index contributed by atoms with van der Waals surface area (Å²) in [5, 5.41) is 11.2. The lowest BCUT2D eigenvalue weighted by Gasteiger charge is -2.18. The van der Waals surface area contributed by atoms with Gasteiger partial charge in [-0.15, -0.1) is 10.2 Å². The van der Waals surface area contributed by atoms with Crippen LogP contribution in [0.3, 0.4) is 0 Å². The molecule has 2 atom stereocenters. The normalized spacial score (nSPS) is 14.4. The summed E-state index contributed by atoms with van der Waals surface area (Å²) in [6.45, 7) is 3.98. The fourth-order valence-electron chi connectivity index (χ4n) is 1.86. The highest BCUT2D eigenvalue weighted by atomic mass is 19.1. The molecule has 2 rings (SSSR count). The molecule has 5 nitrogen and oxygen atoms in total. The van der Waals surface area contributed by atoms with Crippen molar-refractivity contribution in [3.63, 3.8) is 0 Å². The molecule has 0 fully saturated rings. The maximum absolute atomic E-state index is 12.8. The molecule has 1 N–H and O–H groups in total. The molecule has 0 aliphatic rings. The number of hydrogen-bond donors (Lipinski definition) is 1. The van der Waals surface area contributed by atoms with Gasteiger partial charge in [-0.1, -0.05) is 0 Å². The average Bonchev–Trinajstić information content (AvgIpc) is 2.76. The topological polar surface area (TPSA) is 55.6 Å². The smallest absolute Gasteiger partial charge is 0.149 e. The highest BCUT2D eigenvalue weighted by Crippen LogP contribution is 2.16. The zero-order valence-electron chi connectivity index (χ0n) is 10.6. The van der Waals surface area contributed by atoms with Crippen LogP contribution in [0.4, 0.5) is 4.39 Å². The second kappa shape index (κ2) is 5.22. The molecule has 96 valence electrons. The van der Waals surface area contributed by atoms with Gasteiger partial charge in [-0.3, -0.25) is 10.3 Å². The van der Waals surface area contributed by atoms with Crippen molar-refractivity contribution in [3.8, 4) is 0 Å². The van der Waals surface area contributed by atoms with Crippen LogP contribution >= 0.6 is 0 Å². The van der Waals surface area contributed by atoms with E-state index in [9.17, 15) is 4.39 Å². The monoisotopic (exact) mass is 249 g/mol. The summed E-state index contributed by atoms with van der Waals surface area (Å²) in [5.41, 5.74) is 0.797. The zero-order valence-corrected chi connectivity index (χ0v) is 10.6. The molecule has 0 radical (unpaired) electrons. The summed E-state index contributed by atoms with van der Waals surface area (Å²) in [5.74, 6) is 0.524. The SMILES string of the molecule is CC(NC(C)c1nncn1C)c1ccc(F)cn1. The van der Waals surface area contributed by atoms with Crippen molar-refractivity contribution in [2.75, 3.05) is 0 Å². The van der Waals surface area contributed by atoms with Crippen LogP contribution in [0, 0.1) is 5.82 Å². The van der Waals surface area contributed by atoms with Crippen LogP contribution in [-0.2, 0) is 7.05 Å². The zero-order chi connectivity index (χ0) is 13.1. The van der Waals surface area contributed by atoms with Crippen LogP contribution in [0.1, 0.15) is 37.4 Å². The van der Waals surface area contributed by atoms with Crippen LogP contribution in [0.25, 0.3) is 0 Å². The minimum atomic E-state index is -0.327. The lowest BCUT2D eigenvalue weighted by molar-refractivity contribution is 0.458. The highest BCUT2D eigenvalue weighted by molar-refractivity contribution is 5.09. The van der Waals surface area contributed by atoms with E-state index in [1.807, 2.05) is 25.5 Å². The Morgan fingerprint density at radius 1 is 1.28 bits per heavy atom. The molecule has 0 aliphatic heterocycles. The van der Waals surface area contributed by atoms with Gasteiger partial charge in [0.2, 0.25) is 0 Å². The third kappa shape index (κ3) is 2.70. The number of rotatable bonds is 4. The van der Waals surface area contributed by atoms with Gasteiger partial charge in [0.25, 0.3) is 0 Å². The molecule has 0 aliphatic carbocycles. The van der Waals surface area contributed by atoms with Crippen LogP contribution in [0.15, 0.2) is 24.7 Å². The van der Waals surface area contributed by atoms with Crippen molar-refractivity contribution in [3.05, 3.63) is 42.0 Å². The molecule has 0 saturated heterocycles. The minimum Gasteiger partial charge on any atom is -0.319 e. The standard InChI is InChI=1S/C12H16FN5/c1-8(11-5-4-10(13)6-14-11)16-9(2)12-17-15-7-18(12)3/h4-9,16H,1-3H3. The van der Waals surface area contributed by atoms with E-state index >= 15 is 0 Å². The largest absolute Gasteiger partial charge is 0.319 e. The van der Waals surface area contributed by atoms with Gasteiger partial charge in [-0.25, -0.2) is 4.39 Å². The number of hydrogen-bond acceptors (Lipinski definition) is 4. The molecule has 2 aromatic rings. The number of aromatic nitrogens is 4. The highest BCUT2D eigenvalue weighted by Gasteiger charge is 2.15. The summed E-state index contributed by atoms with van der Waals surface area (Å²) in [6, 6.07) is 3.14. The molecule has 0 aromatic carbocycles. The van der Waals surface area contributed by atoms with E-state index in [0.29, 0.717) is 0 Å². The van der Waals surface area contributed by atoms with E-state index < -0.39 is 0 Å². The first-order valence-corrected chi connectivity index (χ1v) is 5.79. The number of aryl methyl sites for hydroxylation is 1. The van der Waals surface area contributed by atoms with E-state index in [1.54, 1.807) is 12.4 Å². The van der Waals surface area contributed by atoms with Crippen LogP contribution in [-0.4, -0.2) is 19.7 Å². The van der Waals surface area contributed by atoms with Gasteiger partial charge in [0.05, 0.1) is 17.9 Å². The van der Waals surface area contributed by atoms with Crippen molar-refractivity contribution in [2.45, 2.75) is 25.9 Å². The van der Waals surface area contributed by atoms with Crippen LogP contribution < -0.4 is 5.32 Å². The Balaban J connectivity index is 2.05. The Morgan fingerprint density at radius 3 is 2.61 bits per heavy atom. The molecule has 0 amide bonds. The van der Waals surface area contributed by atoms with Crippen molar-refractivity contribution in [1.82, 2.24) is 25.1 Å². The molecule has 2 heterocycles. The Morgan fingerprint density at radius 2 is 2.06 bits per heavy atom. The molecular formula is C12H16FN5. The van der Waals surface area contributed by atoms with Gasteiger partial charge in [0.15, 0.2) is 0 Å². The third-order valence-electron chi connectivity index (χ3n) is 2.83. The first kappa shape index (κ1) is 12.6. The van der Waals surface area contributed by atoms with Crippen molar-refractivity contribution >= 4 is 0 Å². The molecular weight excluding hydrogens is 233 g/mol. The maximum atomic E-state index is 12.8. The summed E-state index contributed by atoms with van der Waals surface area (Å²) >= 11 is 0. The molecule has 2 unspecified atom stereocenters. The minimum absolute atomic E-state index is 0.0114. The predicted octanol–water partition coefficient (Wildman–Crippen LogP) is 1.76. The fourth-order valence-corrected chi connectivity index (χ4v) is 1.86. The summed E-state index contributed by atoms with van der Waals surface area (Å²) in [6.07, 6.45) is 2.88. The first-order valence-electron chi connectivity index (χ1n) is 5.79. The molecule has 6 heteroatoms. The van der Waals surface area contributed by atoms with Gasteiger partial charge >= 0.3 is 0 Å². The summed E-state index contributed by atoms with van der Waals surface area (Å²) in [7, 11) is 1.90. The second-order valence-electron chi connectivity index (χ2n) is 4.31. The molecule has 0 saturated carbocycles. The van der Waals surface area contributed by atoms with Gasteiger partial charge in [0.1, 0.15) is 18.0 Å². The van der Waals surface area contributed by atoms with Crippen molar-refractivity contribution in [1.29, 1.82) is 0 Å². The molecule has 0 spiro atoms. The summed E-state index contributed by atoms with van der Waals surface area (Å²) < 4.78 is 14.6. The lowest BCUT2D eigenvalue weighted by atomic mass is 10.2. The fraction of sp³-hybridized carbons (Fsp3) is 0.417. The van der Waals surface area contributed by atoms with Crippen molar-refractivity contribution in [2.24, 2.45) is 7.05 Å². The average molecular weight is 249 g/mol. The van der Waals surface area contributed by atoms with Gasteiger partial charge in [-0.2, -0.15) is 0 Å². The first-order chi connectivity index (χ1) is 8.58. The van der Waals surface area contributed by atoms with E-state index in [-0.39, 0.29) is 17.9 Å². The molecule has 18 heavy (non-hydrogen) atoms. The third-order valence-corrected chi connectivity index (χ3v) is 2.83. The van der Waals surface area contributed by atoms with E-state index in [1.165, 1.54) is 12.3 Å². The number of nitrogens with zero attached hydrogens (tertiary/aromatic N) is 4. The van der Waals surface area contributed by atoms with Crippen LogP contribution in [0.5, 0.6) is 0 Å². The predicted molar refractivity (Wildman–Crippen MR) is 65.2 cm³/mol. The Labute approximate surface area is 105 Å². The molecule has 2 aromatic heterocycles. The number of nitrogens with one attached hydrogen (secondary N) is 1. The van der Waals surface area contributed by atoms with Crippen LogP contribution in [0.2, 0.25) is 0 Å². The van der Waals surface area contributed by atoms with E-state index in [2.05, 4.69) is 20.5 Å². The van der Waals surface area contributed by atoms with E-state index in [4.69, 9.17) is 0 Å². The Bertz CT molecular complexity index is 507. The van der Waals surface area contributed by atoms with Gasteiger partial charge in [-0.05, 0) is 26.0 Å². The molecule has 0 bridgehead atoms. The lowest BCUT2D eigenvalue weighted by Crippen LogP contribution is -2.25. The quantitative estimate of drug-likeness (QED) is 0.897. The number of halogens is 1. The van der Waals surface area contributed by atoms with Gasteiger partial charge < -0.3 is 4.57 Å². The number of pyridine rings is 1. The van der Waals surface area contributed by atoms with E-state index in [0.717, 1.165) is 11.5 Å². The second-order valence-corrected chi connectivity index (χ2v) is 4.31. The Hall–Kier alpha value is -1.82. The van der Waals surface area contributed by atoms with Gasteiger partial charge in [0, 0.05) is 13.1 Å². The Kier molecular flexibility index (Phi) is 3.66. The maximum Gasteiger partial charge on any atom is 0.149 e.